The van der Waals surface area contributed by atoms with Crippen LogP contribution in [0, 0.1) is 11.3 Å². The number of amides is 1. The molecule has 6 nitrogen and oxygen atoms in total. The number of benzene rings is 3. The van der Waals surface area contributed by atoms with Gasteiger partial charge in [-0.1, -0.05) is 18.2 Å². The van der Waals surface area contributed by atoms with Gasteiger partial charge in [0.1, 0.15) is 12.4 Å². The molecule has 1 N–H and O–H groups in total. The maximum absolute atomic E-state index is 12.6. The highest BCUT2D eigenvalue weighted by Gasteiger charge is 2.11. The summed E-state index contributed by atoms with van der Waals surface area (Å²) in [6.07, 6.45) is 0. The Morgan fingerprint density at radius 3 is 2.52 bits per heavy atom. The Morgan fingerprint density at radius 1 is 0.966 bits per heavy atom. The number of ether oxygens (including phenoxy) is 3. The molecule has 0 unspecified atom stereocenters. The summed E-state index contributed by atoms with van der Waals surface area (Å²) >= 11 is 0. The second-order valence-electron chi connectivity index (χ2n) is 6.15. The molecule has 0 aliphatic carbocycles. The molecule has 1 amide bonds. The molecule has 0 saturated heterocycles. The van der Waals surface area contributed by atoms with Crippen LogP contribution in [0.25, 0.3) is 0 Å². The average molecular weight is 388 g/mol. The summed E-state index contributed by atoms with van der Waals surface area (Å²) in [5.41, 5.74) is 2.53. The van der Waals surface area contributed by atoms with E-state index in [1.807, 2.05) is 12.1 Å². The van der Waals surface area contributed by atoms with E-state index in [9.17, 15) is 4.79 Å². The number of nitriles is 1. The van der Waals surface area contributed by atoms with Crippen LogP contribution >= 0.6 is 0 Å². The van der Waals surface area contributed by atoms with E-state index in [0.717, 1.165) is 5.56 Å². The molecule has 0 aliphatic heterocycles. The van der Waals surface area contributed by atoms with Crippen molar-refractivity contribution in [1.29, 1.82) is 5.26 Å². The van der Waals surface area contributed by atoms with Crippen LogP contribution in [-0.4, -0.2) is 20.1 Å². The highest BCUT2D eigenvalue weighted by molar-refractivity contribution is 6.04. The van der Waals surface area contributed by atoms with Gasteiger partial charge in [-0.3, -0.25) is 4.79 Å². The van der Waals surface area contributed by atoms with Gasteiger partial charge in [-0.2, -0.15) is 5.26 Å². The van der Waals surface area contributed by atoms with Crippen molar-refractivity contribution in [2.45, 2.75) is 6.61 Å². The first-order chi connectivity index (χ1) is 14.1. The third-order valence-corrected chi connectivity index (χ3v) is 4.20. The number of carbonyl (C=O) groups is 1. The molecule has 0 spiro atoms. The Labute approximate surface area is 169 Å². The van der Waals surface area contributed by atoms with Crippen molar-refractivity contribution in [1.82, 2.24) is 0 Å². The van der Waals surface area contributed by atoms with Crippen molar-refractivity contribution < 1.29 is 19.0 Å². The summed E-state index contributed by atoms with van der Waals surface area (Å²) in [4.78, 5) is 12.6. The summed E-state index contributed by atoms with van der Waals surface area (Å²) in [6.45, 7) is 0.322. The van der Waals surface area contributed by atoms with Crippen LogP contribution in [0.4, 0.5) is 5.69 Å². The molecule has 146 valence electrons. The van der Waals surface area contributed by atoms with E-state index in [4.69, 9.17) is 19.5 Å². The van der Waals surface area contributed by atoms with E-state index in [1.54, 1.807) is 61.7 Å². The third-order valence-electron chi connectivity index (χ3n) is 4.20. The van der Waals surface area contributed by atoms with Crippen LogP contribution in [-0.2, 0) is 6.61 Å². The molecule has 0 aliphatic rings. The first kappa shape index (κ1) is 19.8. The number of hydrogen-bond donors (Lipinski definition) is 1. The average Bonchev–Trinajstić information content (AvgIpc) is 2.77. The van der Waals surface area contributed by atoms with Gasteiger partial charge in [0.25, 0.3) is 5.91 Å². The summed E-state index contributed by atoms with van der Waals surface area (Å²) in [6, 6.07) is 21.4. The van der Waals surface area contributed by atoms with Crippen molar-refractivity contribution in [3.8, 4) is 23.3 Å². The quantitative estimate of drug-likeness (QED) is 0.649. The van der Waals surface area contributed by atoms with E-state index >= 15 is 0 Å². The molecule has 3 aromatic carbocycles. The van der Waals surface area contributed by atoms with Gasteiger partial charge in [0.15, 0.2) is 11.5 Å². The minimum absolute atomic E-state index is 0.273. The second-order valence-corrected chi connectivity index (χ2v) is 6.15. The summed E-state index contributed by atoms with van der Waals surface area (Å²) in [5, 5.41) is 11.8. The van der Waals surface area contributed by atoms with E-state index < -0.39 is 0 Å². The molecule has 0 radical (unpaired) electrons. The monoisotopic (exact) mass is 388 g/mol. The molecule has 0 heterocycles. The SMILES string of the molecule is COc1ccc(C(=O)Nc2cccc(OCc3cccc(C#N)c3)c2)cc1OC. The normalized spacial score (nSPS) is 9.97. The molecule has 0 bridgehead atoms. The molecule has 3 rings (SSSR count). The van der Waals surface area contributed by atoms with Crippen molar-refractivity contribution in [3.05, 3.63) is 83.4 Å². The highest BCUT2D eigenvalue weighted by atomic mass is 16.5. The lowest BCUT2D eigenvalue weighted by atomic mass is 10.1. The number of rotatable bonds is 7. The lowest BCUT2D eigenvalue weighted by Crippen LogP contribution is -2.12. The first-order valence-corrected chi connectivity index (χ1v) is 8.88. The van der Waals surface area contributed by atoms with Crippen molar-refractivity contribution >= 4 is 11.6 Å². The number of nitrogens with one attached hydrogen (secondary N) is 1. The van der Waals surface area contributed by atoms with Crippen LogP contribution in [0.5, 0.6) is 17.2 Å². The smallest absolute Gasteiger partial charge is 0.255 e. The summed E-state index contributed by atoms with van der Waals surface area (Å²) in [7, 11) is 3.06. The predicted octanol–water partition coefficient (Wildman–Crippen LogP) is 4.41. The minimum Gasteiger partial charge on any atom is -0.493 e. The van der Waals surface area contributed by atoms with E-state index in [2.05, 4.69) is 11.4 Å². The van der Waals surface area contributed by atoms with Crippen molar-refractivity contribution in [2.24, 2.45) is 0 Å². The zero-order valence-corrected chi connectivity index (χ0v) is 16.1. The Kier molecular flexibility index (Phi) is 6.33. The van der Waals surface area contributed by atoms with Gasteiger partial charge < -0.3 is 19.5 Å². The number of hydrogen-bond acceptors (Lipinski definition) is 5. The van der Waals surface area contributed by atoms with Gasteiger partial charge in [0, 0.05) is 17.3 Å². The number of carbonyl (C=O) groups excluding carboxylic acids is 1. The zero-order chi connectivity index (χ0) is 20.6. The molecule has 29 heavy (non-hydrogen) atoms. The van der Waals surface area contributed by atoms with E-state index in [1.165, 1.54) is 7.11 Å². The minimum atomic E-state index is -0.273. The molecule has 0 atom stereocenters. The summed E-state index contributed by atoms with van der Waals surface area (Å²) in [5.74, 6) is 1.37. The fraction of sp³-hybridized carbons (Fsp3) is 0.130. The van der Waals surface area contributed by atoms with E-state index in [0.29, 0.717) is 40.7 Å². The molecule has 6 heteroatoms. The molecular weight excluding hydrogens is 368 g/mol. The van der Waals surface area contributed by atoms with Gasteiger partial charge in [-0.25, -0.2) is 0 Å². The molecule has 0 saturated carbocycles. The Morgan fingerprint density at radius 2 is 1.76 bits per heavy atom. The lowest BCUT2D eigenvalue weighted by molar-refractivity contribution is 0.102. The van der Waals surface area contributed by atoms with Crippen LogP contribution in [0.15, 0.2) is 66.7 Å². The number of methoxy groups -OCH3 is 2. The zero-order valence-electron chi connectivity index (χ0n) is 16.1. The Hall–Kier alpha value is -3.98. The number of anilines is 1. The van der Waals surface area contributed by atoms with Crippen molar-refractivity contribution in [3.63, 3.8) is 0 Å². The molecule has 3 aromatic rings. The van der Waals surface area contributed by atoms with Crippen LogP contribution in [0.2, 0.25) is 0 Å². The maximum atomic E-state index is 12.6. The largest absolute Gasteiger partial charge is 0.493 e. The summed E-state index contributed by atoms with van der Waals surface area (Å²) < 4.78 is 16.2. The van der Waals surface area contributed by atoms with E-state index in [-0.39, 0.29) is 5.91 Å². The molecular formula is C23H20N2O4. The highest BCUT2D eigenvalue weighted by Crippen LogP contribution is 2.28. The fourth-order valence-electron chi connectivity index (χ4n) is 2.74. The fourth-order valence-corrected chi connectivity index (χ4v) is 2.74. The predicted molar refractivity (Wildman–Crippen MR) is 109 cm³/mol. The molecule has 0 fully saturated rings. The van der Waals surface area contributed by atoms with Gasteiger partial charge in [-0.15, -0.1) is 0 Å². The Balaban J connectivity index is 1.68. The first-order valence-electron chi connectivity index (χ1n) is 8.88. The standard InChI is InChI=1S/C23H20N2O4/c1-27-21-10-9-18(12-22(21)28-2)23(26)25-19-7-4-8-20(13-19)29-15-17-6-3-5-16(11-17)14-24/h3-13H,15H2,1-2H3,(H,25,26). The van der Waals surface area contributed by atoms with Gasteiger partial charge in [0.2, 0.25) is 0 Å². The van der Waals surface area contributed by atoms with Gasteiger partial charge in [-0.05, 0) is 48.0 Å². The molecule has 0 aromatic heterocycles. The number of nitrogens with zero attached hydrogens (tertiary/aromatic N) is 1. The second kappa shape index (κ2) is 9.29. The van der Waals surface area contributed by atoms with Crippen LogP contribution in [0.3, 0.4) is 0 Å². The lowest BCUT2D eigenvalue weighted by Gasteiger charge is -2.11. The van der Waals surface area contributed by atoms with Gasteiger partial charge in [0.05, 0.1) is 25.9 Å². The topological polar surface area (TPSA) is 80.6 Å². The van der Waals surface area contributed by atoms with Crippen molar-refractivity contribution in [2.75, 3.05) is 19.5 Å². The van der Waals surface area contributed by atoms with Gasteiger partial charge >= 0.3 is 0 Å². The third kappa shape index (κ3) is 5.05. The van der Waals surface area contributed by atoms with Crippen LogP contribution < -0.4 is 19.5 Å². The van der Waals surface area contributed by atoms with Crippen LogP contribution in [0.1, 0.15) is 21.5 Å². The maximum Gasteiger partial charge on any atom is 0.255 e. The Bertz CT molecular complexity index is 1060.